The van der Waals surface area contributed by atoms with Gasteiger partial charge in [-0.25, -0.2) is 0 Å². The van der Waals surface area contributed by atoms with Gasteiger partial charge in [0.25, 0.3) is 5.91 Å². The standard InChI is InChI=1S/C17H24N2O4/c1-18-7-5-13(6-8-18)23-12-17(20)19-9-10-22-16-4-3-14(21-2)11-15(16)19/h3-4,11,13H,5-10,12H2,1-2H3. The van der Waals surface area contributed by atoms with Crippen molar-refractivity contribution in [2.75, 3.05) is 51.9 Å². The number of fused-ring (bicyclic) bond motifs is 1. The van der Waals surface area contributed by atoms with E-state index in [2.05, 4.69) is 11.9 Å². The highest BCUT2D eigenvalue weighted by molar-refractivity contribution is 5.96. The summed E-state index contributed by atoms with van der Waals surface area (Å²) in [5.41, 5.74) is 0.757. The van der Waals surface area contributed by atoms with Crippen molar-refractivity contribution in [3.05, 3.63) is 18.2 Å². The van der Waals surface area contributed by atoms with Crippen molar-refractivity contribution >= 4 is 11.6 Å². The molecule has 2 aliphatic rings. The smallest absolute Gasteiger partial charge is 0.253 e. The lowest BCUT2D eigenvalue weighted by Gasteiger charge is -2.32. The Morgan fingerprint density at radius 1 is 1.30 bits per heavy atom. The monoisotopic (exact) mass is 320 g/mol. The summed E-state index contributed by atoms with van der Waals surface area (Å²) < 4.78 is 16.7. The number of carbonyl (C=O) groups excluding carboxylic acids is 1. The summed E-state index contributed by atoms with van der Waals surface area (Å²) in [6, 6.07) is 5.51. The van der Waals surface area contributed by atoms with E-state index in [-0.39, 0.29) is 18.6 Å². The molecule has 0 aliphatic carbocycles. The summed E-state index contributed by atoms with van der Waals surface area (Å²) in [6.07, 6.45) is 2.15. The molecule has 1 fully saturated rings. The number of anilines is 1. The molecule has 0 spiro atoms. The minimum Gasteiger partial charge on any atom is -0.497 e. The average Bonchev–Trinajstić information content (AvgIpc) is 2.60. The third-order valence-electron chi connectivity index (χ3n) is 4.44. The van der Waals surface area contributed by atoms with Crippen LogP contribution in [0.25, 0.3) is 0 Å². The number of benzene rings is 1. The van der Waals surface area contributed by atoms with Crippen molar-refractivity contribution in [1.29, 1.82) is 0 Å². The average molecular weight is 320 g/mol. The van der Waals surface area contributed by atoms with E-state index in [0.29, 0.717) is 24.7 Å². The molecule has 6 heteroatoms. The number of rotatable bonds is 4. The van der Waals surface area contributed by atoms with Crippen LogP contribution in [0.2, 0.25) is 0 Å². The van der Waals surface area contributed by atoms with E-state index in [4.69, 9.17) is 14.2 Å². The molecule has 0 radical (unpaired) electrons. The van der Waals surface area contributed by atoms with E-state index >= 15 is 0 Å². The predicted molar refractivity (Wildman–Crippen MR) is 87.3 cm³/mol. The maximum atomic E-state index is 12.6. The highest BCUT2D eigenvalue weighted by Crippen LogP contribution is 2.35. The lowest BCUT2D eigenvalue weighted by atomic mass is 10.1. The Kier molecular flexibility index (Phi) is 5.03. The number of amides is 1. The molecule has 0 bridgehead atoms. The van der Waals surface area contributed by atoms with Gasteiger partial charge < -0.3 is 24.0 Å². The van der Waals surface area contributed by atoms with E-state index in [9.17, 15) is 4.79 Å². The Morgan fingerprint density at radius 3 is 2.83 bits per heavy atom. The summed E-state index contributed by atoms with van der Waals surface area (Å²) in [6.45, 7) is 3.20. The maximum Gasteiger partial charge on any atom is 0.253 e. The van der Waals surface area contributed by atoms with Gasteiger partial charge in [0.1, 0.15) is 24.7 Å². The van der Waals surface area contributed by atoms with Crippen molar-refractivity contribution in [3.63, 3.8) is 0 Å². The van der Waals surface area contributed by atoms with E-state index in [1.54, 1.807) is 12.0 Å². The first-order valence-electron chi connectivity index (χ1n) is 8.08. The molecule has 6 nitrogen and oxygen atoms in total. The quantitative estimate of drug-likeness (QED) is 0.842. The summed E-state index contributed by atoms with van der Waals surface area (Å²) >= 11 is 0. The molecule has 0 saturated carbocycles. The topological polar surface area (TPSA) is 51.2 Å². The zero-order valence-corrected chi connectivity index (χ0v) is 13.8. The molecule has 1 aromatic rings. The van der Waals surface area contributed by atoms with E-state index in [0.717, 1.165) is 31.6 Å². The first kappa shape index (κ1) is 16.1. The van der Waals surface area contributed by atoms with Crippen molar-refractivity contribution in [2.24, 2.45) is 0 Å². The van der Waals surface area contributed by atoms with Crippen LogP contribution in [0, 0.1) is 0 Å². The van der Waals surface area contributed by atoms with Gasteiger partial charge in [-0.05, 0) is 32.0 Å². The van der Waals surface area contributed by atoms with Gasteiger partial charge in [0, 0.05) is 19.2 Å². The summed E-state index contributed by atoms with van der Waals surface area (Å²) in [5.74, 6) is 1.40. The molecule has 1 amide bonds. The molecule has 0 N–H and O–H groups in total. The van der Waals surface area contributed by atoms with Crippen LogP contribution in [0.4, 0.5) is 5.69 Å². The van der Waals surface area contributed by atoms with Crippen LogP contribution in [-0.2, 0) is 9.53 Å². The second kappa shape index (κ2) is 7.19. The zero-order chi connectivity index (χ0) is 16.2. The number of hydrogen-bond acceptors (Lipinski definition) is 5. The normalized spacial score (nSPS) is 19.1. The number of hydrogen-bond donors (Lipinski definition) is 0. The maximum absolute atomic E-state index is 12.6. The summed E-state index contributed by atoms with van der Waals surface area (Å²) in [5, 5.41) is 0. The van der Waals surface area contributed by atoms with Gasteiger partial charge in [-0.1, -0.05) is 0 Å². The number of likely N-dealkylation sites (tertiary alicyclic amines) is 1. The summed E-state index contributed by atoms with van der Waals surface area (Å²) in [7, 11) is 3.72. The van der Waals surface area contributed by atoms with Crippen LogP contribution < -0.4 is 14.4 Å². The number of carbonyl (C=O) groups is 1. The van der Waals surface area contributed by atoms with Crippen LogP contribution in [0.3, 0.4) is 0 Å². The fraction of sp³-hybridized carbons (Fsp3) is 0.588. The molecule has 2 heterocycles. The van der Waals surface area contributed by atoms with Crippen LogP contribution in [0.5, 0.6) is 11.5 Å². The Hall–Kier alpha value is -1.79. The van der Waals surface area contributed by atoms with Crippen molar-refractivity contribution in [3.8, 4) is 11.5 Å². The molecular weight excluding hydrogens is 296 g/mol. The fourth-order valence-corrected chi connectivity index (χ4v) is 3.00. The van der Waals surface area contributed by atoms with Gasteiger partial charge in [0.05, 0.1) is 25.4 Å². The third kappa shape index (κ3) is 3.76. The Balaban J connectivity index is 1.62. The first-order chi connectivity index (χ1) is 11.2. The minimum absolute atomic E-state index is 0.0262. The molecule has 23 heavy (non-hydrogen) atoms. The highest BCUT2D eigenvalue weighted by atomic mass is 16.5. The highest BCUT2D eigenvalue weighted by Gasteiger charge is 2.26. The zero-order valence-electron chi connectivity index (χ0n) is 13.8. The Bertz CT molecular complexity index is 556. The molecule has 0 atom stereocenters. The van der Waals surface area contributed by atoms with E-state index < -0.39 is 0 Å². The SMILES string of the molecule is COc1ccc2c(c1)N(C(=O)COC1CCN(C)CC1)CCO2. The molecule has 0 unspecified atom stereocenters. The number of nitrogens with zero attached hydrogens (tertiary/aromatic N) is 2. The lowest BCUT2D eigenvalue weighted by Crippen LogP contribution is -2.42. The van der Waals surface area contributed by atoms with Gasteiger partial charge in [-0.2, -0.15) is 0 Å². The van der Waals surface area contributed by atoms with Crippen LogP contribution in [0.1, 0.15) is 12.8 Å². The van der Waals surface area contributed by atoms with Gasteiger partial charge in [0.15, 0.2) is 0 Å². The third-order valence-corrected chi connectivity index (χ3v) is 4.44. The molecule has 3 rings (SSSR count). The Labute approximate surface area is 136 Å². The van der Waals surface area contributed by atoms with Gasteiger partial charge in [0.2, 0.25) is 0 Å². The number of piperidine rings is 1. The molecule has 1 saturated heterocycles. The number of methoxy groups -OCH3 is 1. The molecule has 0 aromatic heterocycles. The van der Waals surface area contributed by atoms with E-state index in [1.807, 2.05) is 18.2 Å². The van der Waals surface area contributed by atoms with Crippen LogP contribution in [0.15, 0.2) is 18.2 Å². The molecule has 126 valence electrons. The second-order valence-corrected chi connectivity index (χ2v) is 6.04. The largest absolute Gasteiger partial charge is 0.497 e. The lowest BCUT2D eigenvalue weighted by molar-refractivity contribution is -0.126. The van der Waals surface area contributed by atoms with Crippen molar-refractivity contribution in [1.82, 2.24) is 4.90 Å². The second-order valence-electron chi connectivity index (χ2n) is 6.04. The summed E-state index contributed by atoms with van der Waals surface area (Å²) in [4.78, 5) is 16.6. The molecule has 1 aromatic carbocycles. The van der Waals surface area contributed by atoms with E-state index in [1.165, 1.54) is 0 Å². The van der Waals surface area contributed by atoms with Gasteiger partial charge in [-0.3, -0.25) is 4.79 Å². The van der Waals surface area contributed by atoms with Gasteiger partial charge in [-0.15, -0.1) is 0 Å². The molecule has 2 aliphatic heterocycles. The Morgan fingerprint density at radius 2 is 2.09 bits per heavy atom. The minimum atomic E-state index is -0.0262. The number of ether oxygens (including phenoxy) is 3. The van der Waals surface area contributed by atoms with Gasteiger partial charge >= 0.3 is 0 Å². The first-order valence-corrected chi connectivity index (χ1v) is 8.08. The van der Waals surface area contributed by atoms with Crippen LogP contribution in [-0.4, -0.2) is 63.9 Å². The fourth-order valence-electron chi connectivity index (χ4n) is 3.00. The predicted octanol–water partition coefficient (Wildman–Crippen LogP) is 1.53. The van der Waals surface area contributed by atoms with Crippen LogP contribution >= 0.6 is 0 Å². The molecular formula is C17H24N2O4. The van der Waals surface area contributed by atoms with Crippen molar-refractivity contribution < 1.29 is 19.0 Å². The van der Waals surface area contributed by atoms with Crippen molar-refractivity contribution in [2.45, 2.75) is 18.9 Å².